The Balaban J connectivity index is 1.80. The van der Waals surface area contributed by atoms with Crippen molar-refractivity contribution in [2.24, 2.45) is 0 Å². The van der Waals surface area contributed by atoms with Crippen molar-refractivity contribution < 1.29 is 8.42 Å². The zero-order valence-electron chi connectivity index (χ0n) is 15.7. The highest BCUT2D eigenvalue weighted by atomic mass is 32.2. The highest BCUT2D eigenvalue weighted by Crippen LogP contribution is 2.31. The first kappa shape index (κ1) is 19.5. The monoisotopic (exact) mass is 396 g/mol. The van der Waals surface area contributed by atoms with E-state index in [1.165, 1.54) is 54.2 Å². The molecule has 1 saturated carbocycles. The first-order valence-electron chi connectivity index (χ1n) is 9.33. The summed E-state index contributed by atoms with van der Waals surface area (Å²) >= 11 is 1.54. The second-order valence-electron chi connectivity index (χ2n) is 7.34. The molecule has 0 spiro atoms. The van der Waals surface area contributed by atoms with Crippen LogP contribution in [0.5, 0.6) is 0 Å². The zero-order valence-corrected chi connectivity index (χ0v) is 17.4. The van der Waals surface area contributed by atoms with E-state index < -0.39 is 15.3 Å². The van der Waals surface area contributed by atoms with Crippen molar-refractivity contribution in [1.82, 2.24) is 14.3 Å². The number of sulfonamides is 1. The number of anilines is 1. The molecule has 0 aromatic carbocycles. The van der Waals surface area contributed by atoms with Crippen LogP contribution in [-0.4, -0.2) is 41.0 Å². The van der Waals surface area contributed by atoms with Crippen molar-refractivity contribution in [3.63, 3.8) is 0 Å². The zero-order chi connectivity index (χ0) is 18.7. The molecular formula is C18H28N4O2S2. The maximum atomic E-state index is 12.3. The Morgan fingerprint density at radius 3 is 2.58 bits per heavy atom. The summed E-state index contributed by atoms with van der Waals surface area (Å²) in [4.78, 5) is 10.7. The Hall–Kier alpha value is -1.25. The third kappa shape index (κ3) is 4.35. The van der Waals surface area contributed by atoms with E-state index >= 15 is 0 Å². The van der Waals surface area contributed by atoms with Gasteiger partial charge < -0.3 is 5.32 Å². The number of hydrogen-bond acceptors (Lipinski definition) is 6. The fourth-order valence-electron chi connectivity index (χ4n) is 3.38. The highest BCUT2D eigenvalue weighted by molar-refractivity contribution is 7.89. The Kier molecular flexibility index (Phi) is 6.14. The maximum absolute atomic E-state index is 12.3. The summed E-state index contributed by atoms with van der Waals surface area (Å²) in [6, 6.07) is 2.49. The van der Waals surface area contributed by atoms with E-state index in [-0.39, 0.29) is 0 Å². The van der Waals surface area contributed by atoms with Gasteiger partial charge in [-0.25, -0.2) is 18.4 Å². The summed E-state index contributed by atoms with van der Waals surface area (Å²) in [5, 5.41) is 4.17. The van der Waals surface area contributed by atoms with Crippen LogP contribution in [0.2, 0.25) is 0 Å². The fourth-order valence-corrected chi connectivity index (χ4v) is 5.55. The van der Waals surface area contributed by atoms with E-state index in [4.69, 9.17) is 0 Å². The number of nitrogens with one attached hydrogen (secondary N) is 1. The Morgan fingerprint density at radius 1 is 1.23 bits per heavy atom. The standard InChI is InChI=1S/C18H28N4O2S2/c1-13(2)26(23,24)22(3)11-15-10-16-17(19-12-20-18(16)25-15)21-14-8-6-4-5-7-9-14/h10,12-14H,4-9,11H2,1-3H3,(H,19,20,21). The average Bonchev–Trinajstić information content (AvgIpc) is 2.83. The summed E-state index contributed by atoms with van der Waals surface area (Å²) in [5.74, 6) is 0.874. The van der Waals surface area contributed by atoms with E-state index in [1.54, 1.807) is 27.2 Å². The van der Waals surface area contributed by atoms with Crippen molar-refractivity contribution in [3.05, 3.63) is 17.3 Å². The van der Waals surface area contributed by atoms with Gasteiger partial charge in [-0.1, -0.05) is 25.7 Å². The number of thiophene rings is 1. The predicted octanol–water partition coefficient (Wildman–Crippen LogP) is 4.00. The molecule has 144 valence electrons. The minimum atomic E-state index is -3.26. The highest BCUT2D eigenvalue weighted by Gasteiger charge is 2.23. The van der Waals surface area contributed by atoms with Gasteiger partial charge in [0.05, 0.1) is 10.6 Å². The largest absolute Gasteiger partial charge is 0.367 e. The minimum Gasteiger partial charge on any atom is -0.367 e. The van der Waals surface area contributed by atoms with Crippen molar-refractivity contribution in [2.45, 2.75) is 70.2 Å². The van der Waals surface area contributed by atoms with Crippen LogP contribution >= 0.6 is 11.3 Å². The second kappa shape index (κ2) is 8.19. The first-order chi connectivity index (χ1) is 12.4. The Bertz CT molecular complexity index is 840. The maximum Gasteiger partial charge on any atom is 0.216 e. The van der Waals surface area contributed by atoms with Gasteiger partial charge in [-0.2, -0.15) is 4.31 Å². The van der Waals surface area contributed by atoms with Gasteiger partial charge in [-0.15, -0.1) is 11.3 Å². The quantitative estimate of drug-likeness (QED) is 0.747. The van der Waals surface area contributed by atoms with E-state index in [0.717, 1.165) is 20.9 Å². The van der Waals surface area contributed by atoms with Gasteiger partial charge in [0.15, 0.2) is 0 Å². The molecule has 2 aromatic heterocycles. The van der Waals surface area contributed by atoms with E-state index in [9.17, 15) is 8.42 Å². The van der Waals surface area contributed by atoms with Gasteiger partial charge in [-0.05, 0) is 32.8 Å². The Morgan fingerprint density at radius 2 is 1.92 bits per heavy atom. The van der Waals surface area contributed by atoms with Gasteiger partial charge in [0.1, 0.15) is 17.0 Å². The first-order valence-corrected chi connectivity index (χ1v) is 11.6. The minimum absolute atomic E-state index is 0.365. The third-order valence-electron chi connectivity index (χ3n) is 4.99. The lowest BCUT2D eigenvalue weighted by atomic mass is 10.1. The summed E-state index contributed by atoms with van der Waals surface area (Å²) in [6.45, 7) is 3.78. The normalized spacial score (nSPS) is 17.1. The van der Waals surface area contributed by atoms with E-state index in [0.29, 0.717) is 12.6 Å². The van der Waals surface area contributed by atoms with Gasteiger partial charge >= 0.3 is 0 Å². The average molecular weight is 397 g/mol. The number of aromatic nitrogens is 2. The molecular weight excluding hydrogens is 368 g/mol. The fraction of sp³-hybridized carbons (Fsp3) is 0.667. The van der Waals surface area contributed by atoms with Crippen LogP contribution in [0.4, 0.5) is 5.82 Å². The third-order valence-corrected chi connectivity index (χ3v) is 8.20. The van der Waals surface area contributed by atoms with Crippen LogP contribution < -0.4 is 5.32 Å². The molecule has 3 rings (SSSR count). The van der Waals surface area contributed by atoms with E-state index in [1.807, 2.05) is 6.07 Å². The van der Waals surface area contributed by atoms with Crippen molar-refractivity contribution in [1.29, 1.82) is 0 Å². The summed E-state index contributed by atoms with van der Waals surface area (Å²) in [7, 11) is -1.63. The second-order valence-corrected chi connectivity index (χ2v) is 11.0. The van der Waals surface area contributed by atoms with Crippen LogP contribution in [0.25, 0.3) is 10.2 Å². The molecule has 26 heavy (non-hydrogen) atoms. The van der Waals surface area contributed by atoms with E-state index in [2.05, 4.69) is 15.3 Å². The number of rotatable bonds is 6. The van der Waals surface area contributed by atoms with Crippen molar-refractivity contribution in [3.8, 4) is 0 Å². The van der Waals surface area contributed by atoms with Crippen LogP contribution in [0.15, 0.2) is 12.4 Å². The number of nitrogens with zero attached hydrogens (tertiary/aromatic N) is 3. The molecule has 0 radical (unpaired) electrons. The van der Waals surface area contributed by atoms with Gasteiger partial charge in [0.25, 0.3) is 0 Å². The Labute approximate surface area is 160 Å². The SMILES string of the molecule is CC(C)S(=O)(=O)N(C)Cc1cc2c(NC3CCCCCC3)ncnc2s1. The van der Waals surface area contributed by atoms with Crippen molar-refractivity contribution in [2.75, 3.05) is 12.4 Å². The number of fused-ring (bicyclic) bond motifs is 1. The lowest BCUT2D eigenvalue weighted by Crippen LogP contribution is -2.32. The summed E-state index contributed by atoms with van der Waals surface area (Å²) < 4.78 is 26.0. The van der Waals surface area contributed by atoms with Crippen LogP contribution in [0.3, 0.4) is 0 Å². The molecule has 2 heterocycles. The van der Waals surface area contributed by atoms with Crippen molar-refractivity contribution >= 4 is 37.4 Å². The van der Waals surface area contributed by atoms with Gasteiger partial charge in [0.2, 0.25) is 10.0 Å². The molecule has 1 N–H and O–H groups in total. The molecule has 1 aliphatic carbocycles. The molecule has 0 amide bonds. The lowest BCUT2D eigenvalue weighted by Gasteiger charge is -2.18. The summed E-state index contributed by atoms with van der Waals surface area (Å²) in [5.41, 5.74) is 0. The topological polar surface area (TPSA) is 75.2 Å². The van der Waals surface area contributed by atoms with Gasteiger partial charge in [0, 0.05) is 24.5 Å². The number of hydrogen-bond donors (Lipinski definition) is 1. The molecule has 0 atom stereocenters. The molecule has 6 nitrogen and oxygen atoms in total. The lowest BCUT2D eigenvalue weighted by molar-refractivity contribution is 0.462. The summed E-state index contributed by atoms with van der Waals surface area (Å²) in [6.07, 6.45) is 9.11. The predicted molar refractivity (Wildman–Crippen MR) is 108 cm³/mol. The van der Waals surface area contributed by atoms with Crippen LogP contribution in [0.1, 0.15) is 57.2 Å². The molecule has 8 heteroatoms. The molecule has 0 aliphatic heterocycles. The molecule has 0 saturated heterocycles. The van der Waals surface area contributed by atoms with Crippen LogP contribution in [-0.2, 0) is 16.6 Å². The van der Waals surface area contributed by atoms with Gasteiger partial charge in [-0.3, -0.25) is 0 Å². The smallest absolute Gasteiger partial charge is 0.216 e. The van der Waals surface area contributed by atoms with Crippen LogP contribution in [0, 0.1) is 0 Å². The molecule has 1 aliphatic rings. The molecule has 1 fully saturated rings. The molecule has 2 aromatic rings. The molecule has 0 unspecified atom stereocenters. The molecule has 0 bridgehead atoms.